The van der Waals surface area contributed by atoms with Gasteiger partial charge in [-0.25, -0.2) is 0 Å². The first-order chi connectivity index (χ1) is 15.2. The minimum Gasteiger partial charge on any atom is -0.396 e. The van der Waals surface area contributed by atoms with Gasteiger partial charge in [-0.3, -0.25) is 0 Å². The third kappa shape index (κ3) is 20.2. The lowest BCUT2D eigenvalue weighted by atomic mass is 9.93. The summed E-state index contributed by atoms with van der Waals surface area (Å²) in [6.07, 6.45) is 27.5. The summed E-state index contributed by atoms with van der Waals surface area (Å²) >= 11 is 0. The van der Waals surface area contributed by atoms with E-state index in [0.29, 0.717) is 6.61 Å². The van der Waals surface area contributed by atoms with Gasteiger partial charge in [0.25, 0.3) is 0 Å². The average molecular weight is 445 g/mol. The lowest BCUT2D eigenvalue weighted by molar-refractivity contribution is -0.0582. The summed E-state index contributed by atoms with van der Waals surface area (Å²) < 4.78 is 5.53. The Bertz CT molecular complexity index is 323. The van der Waals surface area contributed by atoms with Crippen LogP contribution in [-0.2, 0) is 4.74 Å². The average Bonchev–Trinajstić information content (AvgIpc) is 2.80. The van der Waals surface area contributed by atoms with Crippen molar-refractivity contribution >= 4 is 0 Å². The predicted molar refractivity (Wildman–Crippen MR) is 133 cm³/mol. The predicted octanol–water partition coefficient (Wildman–Crippen LogP) is 6.79. The van der Waals surface area contributed by atoms with E-state index in [2.05, 4.69) is 6.92 Å². The largest absolute Gasteiger partial charge is 0.396 e. The van der Waals surface area contributed by atoms with Gasteiger partial charge in [-0.2, -0.15) is 0 Å². The van der Waals surface area contributed by atoms with Crippen molar-refractivity contribution in [3.63, 3.8) is 0 Å². The van der Waals surface area contributed by atoms with Crippen LogP contribution in [0.15, 0.2) is 0 Å². The van der Waals surface area contributed by atoms with Crippen molar-refractivity contribution in [1.82, 2.24) is 0 Å². The molecule has 0 radical (unpaired) electrons. The molecule has 4 heteroatoms. The molecule has 0 aliphatic carbocycles. The van der Waals surface area contributed by atoms with Crippen molar-refractivity contribution in [2.24, 2.45) is 5.41 Å². The van der Waals surface area contributed by atoms with Crippen LogP contribution in [0.2, 0.25) is 0 Å². The van der Waals surface area contributed by atoms with Crippen LogP contribution in [0.25, 0.3) is 0 Å². The number of hydrogen-bond donors (Lipinski definition) is 3. The molecule has 188 valence electrons. The van der Waals surface area contributed by atoms with Crippen molar-refractivity contribution in [2.45, 2.75) is 135 Å². The van der Waals surface area contributed by atoms with Gasteiger partial charge < -0.3 is 20.1 Å². The maximum absolute atomic E-state index is 9.25. The second-order valence-corrected chi connectivity index (χ2v) is 9.74. The zero-order valence-electron chi connectivity index (χ0n) is 20.9. The van der Waals surface area contributed by atoms with Gasteiger partial charge in [0.2, 0.25) is 0 Å². The summed E-state index contributed by atoms with van der Waals surface area (Å²) in [4.78, 5) is 0. The number of aliphatic hydroxyl groups excluding tert-OH is 3. The number of rotatable bonds is 26. The first-order valence-electron chi connectivity index (χ1n) is 13.6. The van der Waals surface area contributed by atoms with Crippen LogP contribution in [0.3, 0.4) is 0 Å². The Morgan fingerprint density at radius 1 is 0.452 bits per heavy atom. The van der Waals surface area contributed by atoms with Gasteiger partial charge in [0.15, 0.2) is 0 Å². The van der Waals surface area contributed by atoms with Crippen LogP contribution >= 0.6 is 0 Å². The van der Waals surface area contributed by atoms with Gasteiger partial charge in [-0.1, -0.05) is 129 Å². The molecular formula is C27H56O4. The molecule has 0 spiro atoms. The fourth-order valence-corrected chi connectivity index (χ4v) is 4.03. The molecule has 0 aliphatic rings. The third-order valence-electron chi connectivity index (χ3n) is 6.56. The molecule has 3 N–H and O–H groups in total. The molecule has 0 aromatic carbocycles. The molecule has 0 aromatic rings. The summed E-state index contributed by atoms with van der Waals surface area (Å²) in [7, 11) is 0. The van der Waals surface area contributed by atoms with Crippen LogP contribution in [0.1, 0.15) is 135 Å². The summed E-state index contributed by atoms with van der Waals surface area (Å²) in [6.45, 7) is 2.39. The Hall–Kier alpha value is -0.160. The zero-order valence-corrected chi connectivity index (χ0v) is 20.9. The van der Waals surface area contributed by atoms with Gasteiger partial charge in [0, 0.05) is 6.61 Å². The smallest absolute Gasteiger partial charge is 0.0629 e. The summed E-state index contributed by atoms with van der Waals surface area (Å²) in [5.74, 6) is 0. The van der Waals surface area contributed by atoms with Crippen molar-refractivity contribution in [3.8, 4) is 0 Å². The molecule has 0 heterocycles. The minimum absolute atomic E-state index is 0.218. The molecule has 0 atom stereocenters. The number of hydrogen-bond acceptors (Lipinski definition) is 4. The van der Waals surface area contributed by atoms with Crippen LogP contribution in [0.5, 0.6) is 0 Å². The third-order valence-corrected chi connectivity index (χ3v) is 6.56. The van der Waals surface area contributed by atoms with Crippen LogP contribution in [-0.4, -0.2) is 48.4 Å². The first-order valence-corrected chi connectivity index (χ1v) is 13.6. The fraction of sp³-hybridized carbons (Fsp3) is 1.00. The lowest BCUT2D eigenvalue weighted by Gasteiger charge is -2.26. The molecule has 0 saturated heterocycles. The van der Waals surface area contributed by atoms with E-state index in [4.69, 9.17) is 4.74 Å². The van der Waals surface area contributed by atoms with E-state index in [1.165, 1.54) is 122 Å². The number of ether oxygens (including phenoxy) is 1. The highest BCUT2D eigenvalue weighted by Gasteiger charge is 2.28. The standard InChI is InChI=1S/C27H56O4/c1-2-3-4-5-6-7-8-9-10-11-12-13-14-15-16-17-18-19-20-21-22-31-26-27(23-28,24-29)25-30/h28-30H,2-26H2,1H3. The Kier molecular flexibility index (Phi) is 24.4. The van der Waals surface area contributed by atoms with E-state index in [9.17, 15) is 15.3 Å². The van der Waals surface area contributed by atoms with Gasteiger partial charge in [-0.05, 0) is 6.42 Å². The summed E-state index contributed by atoms with van der Waals surface area (Å²) in [5.41, 5.74) is -0.895. The molecule has 0 aromatic heterocycles. The molecule has 0 fully saturated rings. The van der Waals surface area contributed by atoms with E-state index in [0.717, 1.165) is 6.42 Å². The van der Waals surface area contributed by atoms with Crippen molar-refractivity contribution < 1.29 is 20.1 Å². The molecule has 0 unspecified atom stereocenters. The molecule has 31 heavy (non-hydrogen) atoms. The second-order valence-electron chi connectivity index (χ2n) is 9.74. The van der Waals surface area contributed by atoms with Crippen LogP contribution < -0.4 is 0 Å². The normalized spacial score (nSPS) is 12.0. The summed E-state index contributed by atoms with van der Waals surface area (Å²) in [5, 5.41) is 27.7. The van der Waals surface area contributed by atoms with E-state index in [-0.39, 0.29) is 26.4 Å². The second kappa shape index (κ2) is 24.5. The monoisotopic (exact) mass is 444 g/mol. The molecular weight excluding hydrogens is 388 g/mol. The van der Waals surface area contributed by atoms with E-state index >= 15 is 0 Å². The van der Waals surface area contributed by atoms with Gasteiger partial charge in [0.05, 0.1) is 31.8 Å². The topological polar surface area (TPSA) is 69.9 Å². The Balaban J connectivity index is 3.16. The minimum atomic E-state index is -0.895. The molecule has 0 bridgehead atoms. The molecule has 4 nitrogen and oxygen atoms in total. The molecule has 0 saturated carbocycles. The first kappa shape index (κ1) is 30.8. The van der Waals surface area contributed by atoms with E-state index < -0.39 is 5.41 Å². The van der Waals surface area contributed by atoms with Gasteiger partial charge in [-0.15, -0.1) is 0 Å². The highest BCUT2D eigenvalue weighted by molar-refractivity contribution is 4.76. The van der Waals surface area contributed by atoms with Gasteiger partial charge in [0.1, 0.15) is 0 Å². The highest BCUT2D eigenvalue weighted by atomic mass is 16.5. The Morgan fingerprint density at radius 3 is 1.03 bits per heavy atom. The summed E-state index contributed by atoms with van der Waals surface area (Å²) in [6, 6.07) is 0. The van der Waals surface area contributed by atoms with Crippen molar-refractivity contribution in [1.29, 1.82) is 0 Å². The highest BCUT2D eigenvalue weighted by Crippen LogP contribution is 2.16. The van der Waals surface area contributed by atoms with Crippen molar-refractivity contribution in [3.05, 3.63) is 0 Å². The van der Waals surface area contributed by atoms with Crippen molar-refractivity contribution in [2.75, 3.05) is 33.0 Å². The maximum Gasteiger partial charge on any atom is 0.0629 e. The zero-order chi connectivity index (χ0) is 22.9. The van der Waals surface area contributed by atoms with E-state index in [1.54, 1.807) is 0 Å². The quantitative estimate of drug-likeness (QED) is 0.128. The number of aliphatic hydroxyl groups is 3. The number of unbranched alkanes of at least 4 members (excludes halogenated alkanes) is 19. The SMILES string of the molecule is CCCCCCCCCCCCCCCCCCCCCCOCC(CO)(CO)CO. The van der Waals surface area contributed by atoms with Crippen LogP contribution in [0.4, 0.5) is 0 Å². The molecule has 0 amide bonds. The molecule has 0 rings (SSSR count). The Morgan fingerprint density at radius 2 is 0.742 bits per heavy atom. The molecule has 0 aliphatic heterocycles. The fourth-order valence-electron chi connectivity index (χ4n) is 4.03. The maximum atomic E-state index is 9.25. The lowest BCUT2D eigenvalue weighted by Crippen LogP contribution is -2.38. The van der Waals surface area contributed by atoms with E-state index in [1.807, 2.05) is 0 Å². The van der Waals surface area contributed by atoms with Gasteiger partial charge >= 0.3 is 0 Å². The van der Waals surface area contributed by atoms with Crippen LogP contribution in [0, 0.1) is 5.41 Å². The Labute approximate surface area is 194 Å².